The fraction of sp³-hybridized carbons (Fsp3) is 1.00. The molecule has 16 heteroatoms. The van der Waals surface area contributed by atoms with Crippen LogP contribution in [-0.4, -0.2) is 137 Å². The molecule has 3 fully saturated rings. The van der Waals surface area contributed by atoms with Crippen molar-refractivity contribution in [2.24, 2.45) is 34.4 Å². The van der Waals surface area contributed by atoms with Crippen molar-refractivity contribution in [1.29, 1.82) is 0 Å². The zero-order chi connectivity index (χ0) is 25.3. The van der Waals surface area contributed by atoms with Gasteiger partial charge in [0.2, 0.25) is 0 Å². The summed E-state index contributed by atoms with van der Waals surface area (Å²) in [7, 11) is 0. The average Bonchev–Trinajstić information content (AvgIpc) is 2.83. The molecule has 34 heavy (non-hydrogen) atoms. The molecule has 0 aromatic carbocycles. The summed E-state index contributed by atoms with van der Waals surface area (Å²) in [6, 6.07) is -3.55. The van der Waals surface area contributed by atoms with Crippen molar-refractivity contribution >= 4 is 0 Å². The molecule has 15 atom stereocenters. The number of nitrogens with two attached hydrogens (primary N) is 6. The number of aliphatic hydroxyl groups is 5. The van der Waals surface area contributed by atoms with Crippen LogP contribution in [0.15, 0.2) is 0 Å². The highest BCUT2D eigenvalue weighted by Gasteiger charge is 2.51. The SMILES string of the molecule is NCC1O[C@@H](O[C@H]2C(CN)O[C@@H](O[C@H]3C(CN)O[C@@H](O)[C@H](N)C3O)[C@H](N)C2O)[C@H](N)C(O)[C@H]1O. The molecule has 3 heterocycles. The van der Waals surface area contributed by atoms with Gasteiger partial charge < -0.3 is 83.6 Å². The van der Waals surface area contributed by atoms with Gasteiger partial charge in [0.25, 0.3) is 0 Å². The fourth-order valence-electron chi connectivity index (χ4n) is 4.31. The van der Waals surface area contributed by atoms with E-state index in [4.69, 9.17) is 58.1 Å². The zero-order valence-electron chi connectivity index (χ0n) is 18.5. The number of ether oxygens (including phenoxy) is 5. The van der Waals surface area contributed by atoms with Gasteiger partial charge in [0, 0.05) is 19.6 Å². The Morgan fingerprint density at radius 2 is 0.941 bits per heavy atom. The van der Waals surface area contributed by atoms with E-state index in [0.717, 1.165) is 0 Å². The topological polar surface area (TPSA) is 303 Å². The third kappa shape index (κ3) is 5.37. The summed E-state index contributed by atoms with van der Waals surface area (Å²) in [5, 5.41) is 51.4. The maximum absolute atomic E-state index is 10.9. The highest BCUT2D eigenvalue weighted by Crippen LogP contribution is 2.30. The summed E-state index contributed by atoms with van der Waals surface area (Å²) in [6.45, 7) is -0.380. The molecule has 200 valence electrons. The van der Waals surface area contributed by atoms with Crippen molar-refractivity contribution in [3.63, 3.8) is 0 Å². The Labute approximate surface area is 196 Å². The van der Waals surface area contributed by atoms with Crippen molar-refractivity contribution < 1.29 is 49.2 Å². The Kier molecular flexibility index (Phi) is 9.54. The van der Waals surface area contributed by atoms with Crippen LogP contribution in [0.4, 0.5) is 0 Å². The highest BCUT2D eigenvalue weighted by atomic mass is 16.7. The molecule has 0 saturated carbocycles. The van der Waals surface area contributed by atoms with Crippen LogP contribution < -0.4 is 34.4 Å². The van der Waals surface area contributed by atoms with Crippen LogP contribution in [0.3, 0.4) is 0 Å². The smallest absolute Gasteiger partial charge is 0.176 e. The van der Waals surface area contributed by atoms with Gasteiger partial charge in [0.05, 0.1) is 18.1 Å². The van der Waals surface area contributed by atoms with Crippen molar-refractivity contribution in [3.8, 4) is 0 Å². The molecule has 0 aromatic heterocycles. The summed E-state index contributed by atoms with van der Waals surface area (Å²) in [6.07, 6.45) is -14.6. The van der Waals surface area contributed by atoms with E-state index >= 15 is 0 Å². The lowest BCUT2D eigenvalue weighted by molar-refractivity contribution is -0.341. The Balaban J connectivity index is 1.72. The molecule has 0 bridgehead atoms. The summed E-state index contributed by atoms with van der Waals surface area (Å²) >= 11 is 0. The molecule has 17 N–H and O–H groups in total. The molecule has 6 unspecified atom stereocenters. The number of hydrogen-bond donors (Lipinski definition) is 11. The van der Waals surface area contributed by atoms with Gasteiger partial charge in [-0.15, -0.1) is 0 Å². The van der Waals surface area contributed by atoms with E-state index in [-0.39, 0.29) is 19.6 Å². The average molecular weight is 499 g/mol. The van der Waals surface area contributed by atoms with E-state index in [0.29, 0.717) is 0 Å². The van der Waals surface area contributed by atoms with Crippen LogP contribution in [0.25, 0.3) is 0 Å². The Morgan fingerprint density at radius 3 is 1.44 bits per heavy atom. The first kappa shape index (κ1) is 27.9. The van der Waals surface area contributed by atoms with E-state index in [1.807, 2.05) is 0 Å². The molecule has 3 saturated heterocycles. The molecule has 0 radical (unpaired) electrons. The van der Waals surface area contributed by atoms with Gasteiger partial charge >= 0.3 is 0 Å². The normalized spacial score (nSPS) is 52.5. The second-order valence-corrected chi connectivity index (χ2v) is 8.75. The quantitative estimate of drug-likeness (QED) is 0.155. The molecule has 3 aliphatic rings. The maximum Gasteiger partial charge on any atom is 0.176 e. The maximum atomic E-state index is 10.9. The van der Waals surface area contributed by atoms with Crippen molar-refractivity contribution in [2.75, 3.05) is 19.6 Å². The van der Waals surface area contributed by atoms with Gasteiger partial charge in [-0.2, -0.15) is 0 Å². The van der Waals surface area contributed by atoms with Crippen LogP contribution in [0, 0.1) is 0 Å². The van der Waals surface area contributed by atoms with Crippen LogP contribution >= 0.6 is 0 Å². The predicted octanol–water partition coefficient (Wildman–Crippen LogP) is -7.77. The first-order chi connectivity index (χ1) is 16.0. The molecule has 3 aliphatic heterocycles. The highest BCUT2D eigenvalue weighted by molar-refractivity contribution is 4.99. The molecule has 3 rings (SSSR count). The van der Waals surface area contributed by atoms with Crippen LogP contribution in [0.5, 0.6) is 0 Å². The number of rotatable bonds is 7. The summed E-state index contributed by atoms with van der Waals surface area (Å²) in [5.74, 6) is 0. The molecule has 0 amide bonds. The van der Waals surface area contributed by atoms with Crippen LogP contribution in [-0.2, 0) is 23.7 Å². The third-order valence-corrected chi connectivity index (χ3v) is 6.49. The van der Waals surface area contributed by atoms with E-state index in [2.05, 4.69) is 0 Å². The first-order valence-corrected chi connectivity index (χ1v) is 11.1. The molecule has 0 aliphatic carbocycles. The van der Waals surface area contributed by atoms with Gasteiger partial charge in [-0.3, -0.25) is 0 Å². The monoisotopic (exact) mass is 498 g/mol. The van der Waals surface area contributed by atoms with Crippen LogP contribution in [0.1, 0.15) is 0 Å². The van der Waals surface area contributed by atoms with Crippen molar-refractivity contribution in [1.82, 2.24) is 0 Å². The molecular weight excluding hydrogens is 460 g/mol. The standard InChI is InChI=1S/C18H38N6O10/c19-1-4-10(25)11(26)8(23)17(31-4)34-15-6(3-21)32-18(9(24)13(15)28)33-14-5(2-20)30-16(29)7(22)12(14)27/h4-18,25-29H,1-3,19-24H2/t4?,5?,6?,7-,8-,9-,10+,11?,12?,13?,14+,15+,16-,17+,18+/m1/s1. The predicted molar refractivity (Wildman–Crippen MR) is 113 cm³/mol. The van der Waals surface area contributed by atoms with Crippen LogP contribution in [0.2, 0.25) is 0 Å². The Bertz CT molecular complexity index is 650. The van der Waals surface area contributed by atoms with E-state index < -0.39 is 91.9 Å². The molecule has 16 nitrogen and oxygen atoms in total. The second kappa shape index (κ2) is 11.6. The van der Waals surface area contributed by atoms with Gasteiger partial charge in [-0.1, -0.05) is 0 Å². The second-order valence-electron chi connectivity index (χ2n) is 8.75. The molecule has 0 spiro atoms. The van der Waals surface area contributed by atoms with Gasteiger partial charge in [0.1, 0.15) is 54.9 Å². The number of hydrogen-bond acceptors (Lipinski definition) is 16. The van der Waals surface area contributed by atoms with Gasteiger partial charge in [-0.25, -0.2) is 0 Å². The molecular formula is C18H38N6O10. The van der Waals surface area contributed by atoms with Gasteiger partial charge in [-0.05, 0) is 0 Å². The largest absolute Gasteiger partial charge is 0.388 e. The summed E-state index contributed by atoms with van der Waals surface area (Å²) in [5.41, 5.74) is 34.9. The van der Waals surface area contributed by atoms with Gasteiger partial charge in [0.15, 0.2) is 18.9 Å². The van der Waals surface area contributed by atoms with Crippen molar-refractivity contribution in [2.45, 2.75) is 91.9 Å². The van der Waals surface area contributed by atoms with E-state index in [9.17, 15) is 25.5 Å². The summed E-state index contributed by atoms with van der Waals surface area (Å²) < 4.78 is 28.3. The van der Waals surface area contributed by atoms with E-state index in [1.54, 1.807) is 0 Å². The zero-order valence-corrected chi connectivity index (χ0v) is 18.5. The summed E-state index contributed by atoms with van der Waals surface area (Å²) in [4.78, 5) is 0. The fourth-order valence-corrected chi connectivity index (χ4v) is 4.31. The van der Waals surface area contributed by atoms with Crippen molar-refractivity contribution in [3.05, 3.63) is 0 Å². The lowest BCUT2D eigenvalue weighted by atomic mass is 9.94. The minimum absolute atomic E-state index is 0.116. The first-order valence-electron chi connectivity index (χ1n) is 11.1. The lowest BCUT2D eigenvalue weighted by Crippen LogP contribution is -2.70. The Morgan fingerprint density at radius 1 is 0.529 bits per heavy atom. The van der Waals surface area contributed by atoms with E-state index in [1.165, 1.54) is 0 Å². The minimum atomic E-state index is -1.45. The minimum Gasteiger partial charge on any atom is -0.388 e. The Hall–Kier alpha value is -0.640. The number of aliphatic hydroxyl groups excluding tert-OH is 5. The third-order valence-electron chi connectivity index (χ3n) is 6.49. The molecule has 0 aromatic rings. The lowest BCUT2D eigenvalue weighted by Gasteiger charge is -2.48.